The summed E-state index contributed by atoms with van der Waals surface area (Å²) >= 11 is 1.63. The van der Waals surface area contributed by atoms with Gasteiger partial charge in [-0.25, -0.2) is 9.98 Å². The van der Waals surface area contributed by atoms with Crippen molar-refractivity contribution in [3.63, 3.8) is 0 Å². The zero-order valence-corrected chi connectivity index (χ0v) is 18.5. The summed E-state index contributed by atoms with van der Waals surface area (Å²) in [6.07, 6.45) is 0. The van der Waals surface area contributed by atoms with Gasteiger partial charge in [0, 0.05) is 17.5 Å². The second kappa shape index (κ2) is 10.9. The number of rotatable bonds is 6. The Morgan fingerprint density at radius 2 is 2.00 bits per heavy atom. The molecule has 0 aliphatic heterocycles. The van der Waals surface area contributed by atoms with E-state index in [0.717, 1.165) is 17.2 Å². The maximum Gasteiger partial charge on any atom is 0.242 e. The van der Waals surface area contributed by atoms with Crippen molar-refractivity contribution in [3.8, 4) is 0 Å². The van der Waals surface area contributed by atoms with Gasteiger partial charge >= 0.3 is 0 Å². The van der Waals surface area contributed by atoms with Gasteiger partial charge in [-0.2, -0.15) is 0 Å². The first kappa shape index (κ1) is 23.1. The van der Waals surface area contributed by atoms with Gasteiger partial charge in [0.15, 0.2) is 5.96 Å². The van der Waals surface area contributed by atoms with E-state index >= 15 is 0 Å². The third-order valence-corrected chi connectivity index (χ3v) is 3.67. The van der Waals surface area contributed by atoms with Crippen molar-refractivity contribution < 1.29 is 4.79 Å². The molecule has 3 N–H and O–H groups in total. The Bertz CT molecular complexity index is 537. The Morgan fingerprint density at radius 1 is 1.33 bits per heavy atom. The van der Waals surface area contributed by atoms with E-state index in [4.69, 9.17) is 0 Å². The lowest BCUT2D eigenvalue weighted by Gasteiger charge is -2.20. The van der Waals surface area contributed by atoms with Gasteiger partial charge in [0.05, 0.1) is 12.2 Å². The van der Waals surface area contributed by atoms with E-state index in [0.29, 0.717) is 18.4 Å². The predicted molar refractivity (Wildman–Crippen MR) is 112 cm³/mol. The first-order valence-electron chi connectivity index (χ1n) is 7.98. The molecular weight excluding hydrogens is 437 g/mol. The predicted octanol–water partition coefficient (Wildman–Crippen LogP) is 2.85. The van der Waals surface area contributed by atoms with Crippen LogP contribution < -0.4 is 16.0 Å². The molecule has 1 aromatic rings. The molecule has 1 rings (SSSR count). The molecular formula is C16H30IN5OS. The number of hydrogen-bond donors (Lipinski definition) is 3. The first-order chi connectivity index (χ1) is 10.7. The van der Waals surface area contributed by atoms with Crippen molar-refractivity contribution in [1.82, 2.24) is 20.9 Å². The van der Waals surface area contributed by atoms with E-state index in [1.54, 1.807) is 11.3 Å². The molecule has 138 valence electrons. The number of aliphatic imine (C=N–C) groups is 1. The number of hydrogen-bond acceptors (Lipinski definition) is 4. The number of thiazole rings is 1. The molecule has 0 saturated heterocycles. The molecule has 0 bridgehead atoms. The minimum atomic E-state index is -0.244. The largest absolute Gasteiger partial charge is 0.357 e. The van der Waals surface area contributed by atoms with Gasteiger partial charge in [-0.05, 0) is 33.6 Å². The summed E-state index contributed by atoms with van der Waals surface area (Å²) in [4.78, 5) is 20.7. The monoisotopic (exact) mass is 467 g/mol. The second-order valence-corrected chi connectivity index (χ2v) is 7.61. The summed E-state index contributed by atoms with van der Waals surface area (Å²) in [5, 5.41) is 12.3. The molecule has 0 radical (unpaired) electrons. The zero-order valence-electron chi connectivity index (χ0n) is 15.4. The Kier molecular flexibility index (Phi) is 10.5. The molecule has 0 spiro atoms. The number of amides is 1. The number of aromatic nitrogens is 1. The summed E-state index contributed by atoms with van der Waals surface area (Å²) in [5.41, 5.74) is 0.866. The molecule has 0 aromatic carbocycles. The fourth-order valence-electron chi connectivity index (χ4n) is 1.78. The quantitative estimate of drug-likeness (QED) is 0.342. The molecule has 0 saturated carbocycles. The van der Waals surface area contributed by atoms with Gasteiger partial charge in [0.1, 0.15) is 11.6 Å². The Balaban J connectivity index is 0.00000529. The number of carbonyl (C=O) groups excluding carboxylic acids is 1. The average molecular weight is 467 g/mol. The average Bonchev–Trinajstić information content (AvgIpc) is 2.89. The smallest absolute Gasteiger partial charge is 0.242 e. The van der Waals surface area contributed by atoms with Crippen LogP contribution in [0.4, 0.5) is 0 Å². The minimum Gasteiger partial charge on any atom is -0.357 e. The lowest BCUT2D eigenvalue weighted by atomic mass is 10.1. The third-order valence-electron chi connectivity index (χ3n) is 2.81. The summed E-state index contributed by atoms with van der Waals surface area (Å²) in [6.45, 7) is 13.5. The zero-order chi connectivity index (χ0) is 17.5. The van der Waals surface area contributed by atoms with Crippen LogP contribution in [0, 0.1) is 0 Å². The topological polar surface area (TPSA) is 78.4 Å². The molecule has 0 fully saturated rings. The number of nitrogens with one attached hydrogen (secondary N) is 3. The van der Waals surface area contributed by atoms with Gasteiger partial charge in [0.2, 0.25) is 5.91 Å². The molecule has 8 heteroatoms. The van der Waals surface area contributed by atoms with Crippen LogP contribution in [0.15, 0.2) is 10.4 Å². The van der Waals surface area contributed by atoms with Gasteiger partial charge in [-0.1, -0.05) is 13.8 Å². The van der Waals surface area contributed by atoms with Crippen molar-refractivity contribution in [3.05, 3.63) is 16.1 Å². The van der Waals surface area contributed by atoms with E-state index in [9.17, 15) is 4.79 Å². The van der Waals surface area contributed by atoms with Crippen molar-refractivity contribution in [2.45, 2.75) is 59.5 Å². The summed E-state index contributed by atoms with van der Waals surface area (Å²) in [6, 6.07) is 0. The van der Waals surface area contributed by atoms with Gasteiger partial charge in [0.25, 0.3) is 0 Å². The fraction of sp³-hybridized carbons (Fsp3) is 0.688. The number of nitrogens with zero attached hydrogens (tertiary/aromatic N) is 2. The van der Waals surface area contributed by atoms with E-state index in [1.165, 1.54) is 0 Å². The minimum absolute atomic E-state index is 0. The number of halogens is 1. The van der Waals surface area contributed by atoms with Crippen LogP contribution >= 0.6 is 35.3 Å². The standard InChI is InChI=1S/C16H29N5OS.HI/c1-7-17-15(18-8-13(22)21-16(4,5)6)19-9-14-20-12(10-23-14)11(2)3;/h10-11H,7-9H2,1-6H3,(H,21,22)(H2,17,18,19);1H. The highest BCUT2D eigenvalue weighted by Crippen LogP contribution is 2.17. The summed E-state index contributed by atoms with van der Waals surface area (Å²) in [7, 11) is 0. The second-order valence-electron chi connectivity index (χ2n) is 6.67. The third kappa shape index (κ3) is 9.41. The molecule has 6 nitrogen and oxygen atoms in total. The van der Waals surface area contributed by atoms with E-state index < -0.39 is 0 Å². The molecule has 1 aromatic heterocycles. The Morgan fingerprint density at radius 3 is 2.50 bits per heavy atom. The molecule has 0 unspecified atom stereocenters. The van der Waals surface area contributed by atoms with Crippen molar-refractivity contribution in [2.24, 2.45) is 4.99 Å². The molecule has 1 heterocycles. The summed E-state index contributed by atoms with van der Waals surface area (Å²) < 4.78 is 0. The molecule has 0 aliphatic rings. The van der Waals surface area contributed by atoms with Crippen molar-refractivity contribution in [1.29, 1.82) is 0 Å². The van der Waals surface area contributed by atoms with Crippen LogP contribution in [0.25, 0.3) is 0 Å². The highest BCUT2D eigenvalue weighted by molar-refractivity contribution is 14.0. The highest BCUT2D eigenvalue weighted by atomic mass is 127. The lowest BCUT2D eigenvalue weighted by molar-refractivity contribution is -0.121. The van der Waals surface area contributed by atoms with E-state index in [-0.39, 0.29) is 42.0 Å². The maximum absolute atomic E-state index is 11.8. The lowest BCUT2D eigenvalue weighted by Crippen LogP contribution is -2.43. The SMILES string of the molecule is CCNC(=NCC(=O)NC(C)(C)C)NCc1nc(C(C)C)cs1.I. The fourth-order valence-corrected chi connectivity index (χ4v) is 2.68. The first-order valence-corrected chi connectivity index (χ1v) is 8.86. The molecule has 24 heavy (non-hydrogen) atoms. The molecule has 0 atom stereocenters. The van der Waals surface area contributed by atoms with Crippen molar-refractivity contribution >= 4 is 47.2 Å². The van der Waals surface area contributed by atoms with Crippen LogP contribution in [-0.2, 0) is 11.3 Å². The maximum atomic E-state index is 11.8. The van der Waals surface area contributed by atoms with E-state index in [2.05, 4.69) is 45.2 Å². The van der Waals surface area contributed by atoms with Crippen molar-refractivity contribution in [2.75, 3.05) is 13.1 Å². The van der Waals surface area contributed by atoms with Crippen LogP contribution in [-0.4, -0.2) is 35.5 Å². The highest BCUT2D eigenvalue weighted by Gasteiger charge is 2.13. The molecule has 1 amide bonds. The van der Waals surface area contributed by atoms with Gasteiger partial charge < -0.3 is 16.0 Å². The van der Waals surface area contributed by atoms with Crippen LogP contribution in [0.3, 0.4) is 0 Å². The molecule has 0 aliphatic carbocycles. The number of carbonyl (C=O) groups is 1. The summed E-state index contributed by atoms with van der Waals surface area (Å²) in [5.74, 6) is 0.965. The Hall–Kier alpha value is -0.900. The Labute approximate surface area is 166 Å². The van der Waals surface area contributed by atoms with Crippen LogP contribution in [0.2, 0.25) is 0 Å². The van der Waals surface area contributed by atoms with Crippen LogP contribution in [0.5, 0.6) is 0 Å². The van der Waals surface area contributed by atoms with Gasteiger partial charge in [-0.15, -0.1) is 35.3 Å². The van der Waals surface area contributed by atoms with Gasteiger partial charge in [-0.3, -0.25) is 4.79 Å². The number of guanidine groups is 1. The van der Waals surface area contributed by atoms with Crippen LogP contribution in [0.1, 0.15) is 58.2 Å². The van der Waals surface area contributed by atoms with E-state index in [1.807, 2.05) is 27.7 Å². The normalized spacial score (nSPS) is 11.9.